The van der Waals surface area contributed by atoms with Gasteiger partial charge >= 0.3 is 6.03 Å². The average molecular weight is 284 g/mol. The van der Waals surface area contributed by atoms with Crippen LogP contribution in [0, 0.1) is 11.3 Å². The fraction of sp³-hybridized carbons (Fsp3) is 0.929. The number of piperidine rings is 1. The first-order chi connectivity index (χ1) is 9.07. The van der Waals surface area contributed by atoms with E-state index >= 15 is 0 Å². The second kappa shape index (κ2) is 5.08. The highest BCUT2D eigenvalue weighted by Gasteiger charge is 2.43. The fourth-order valence-corrected chi connectivity index (χ4v) is 4.87. The lowest BCUT2D eigenvalue weighted by molar-refractivity contribution is 0.111. The SMILES string of the molecule is CC1(C2CC2)CCN(C(=O)NC2CCS(=O)C2)CC1. The van der Waals surface area contributed by atoms with Gasteiger partial charge < -0.3 is 10.2 Å². The van der Waals surface area contributed by atoms with E-state index < -0.39 is 10.8 Å². The van der Waals surface area contributed by atoms with Crippen LogP contribution in [0.15, 0.2) is 0 Å². The Hall–Kier alpha value is -0.580. The van der Waals surface area contributed by atoms with Crippen molar-refractivity contribution in [2.45, 2.75) is 45.1 Å². The van der Waals surface area contributed by atoms with E-state index in [1.807, 2.05) is 4.90 Å². The minimum Gasteiger partial charge on any atom is -0.334 e. The van der Waals surface area contributed by atoms with Gasteiger partial charge in [0.2, 0.25) is 0 Å². The molecule has 2 heterocycles. The molecule has 3 fully saturated rings. The summed E-state index contributed by atoms with van der Waals surface area (Å²) in [5, 5.41) is 3.05. The maximum atomic E-state index is 12.2. The molecule has 0 aromatic rings. The van der Waals surface area contributed by atoms with E-state index in [2.05, 4.69) is 12.2 Å². The van der Waals surface area contributed by atoms with Gasteiger partial charge in [-0.3, -0.25) is 4.21 Å². The van der Waals surface area contributed by atoms with Crippen molar-refractivity contribution in [2.24, 2.45) is 11.3 Å². The summed E-state index contributed by atoms with van der Waals surface area (Å²) in [6.07, 6.45) is 5.92. The number of amides is 2. The number of rotatable bonds is 2. The zero-order valence-electron chi connectivity index (χ0n) is 11.7. The number of likely N-dealkylation sites (tertiary alicyclic amines) is 1. The van der Waals surface area contributed by atoms with Crippen LogP contribution < -0.4 is 5.32 Å². The Labute approximate surface area is 117 Å². The van der Waals surface area contributed by atoms with Crippen molar-refractivity contribution in [3.05, 3.63) is 0 Å². The lowest BCUT2D eigenvalue weighted by atomic mass is 9.76. The number of nitrogens with zero attached hydrogens (tertiary/aromatic N) is 1. The van der Waals surface area contributed by atoms with E-state index in [0.717, 1.165) is 44.0 Å². The summed E-state index contributed by atoms with van der Waals surface area (Å²) >= 11 is 0. The molecule has 0 bridgehead atoms. The Kier molecular flexibility index (Phi) is 3.58. The van der Waals surface area contributed by atoms with Gasteiger partial charge in [-0.25, -0.2) is 4.79 Å². The normalized spacial score (nSPS) is 34.3. The molecule has 2 aliphatic heterocycles. The van der Waals surface area contributed by atoms with Crippen LogP contribution in [0.25, 0.3) is 0 Å². The molecule has 19 heavy (non-hydrogen) atoms. The smallest absolute Gasteiger partial charge is 0.317 e. The second-order valence-corrected chi connectivity index (χ2v) is 8.28. The maximum Gasteiger partial charge on any atom is 0.317 e. The molecule has 0 spiro atoms. The minimum absolute atomic E-state index is 0.0572. The van der Waals surface area contributed by atoms with Crippen LogP contribution in [0.5, 0.6) is 0 Å². The van der Waals surface area contributed by atoms with Crippen molar-refractivity contribution in [3.8, 4) is 0 Å². The summed E-state index contributed by atoms with van der Waals surface area (Å²) in [6.45, 7) is 4.16. The van der Waals surface area contributed by atoms with Crippen LogP contribution in [0.3, 0.4) is 0 Å². The molecule has 3 rings (SSSR count). The monoisotopic (exact) mass is 284 g/mol. The van der Waals surface area contributed by atoms with Crippen molar-refractivity contribution < 1.29 is 9.00 Å². The summed E-state index contributed by atoms with van der Waals surface area (Å²) in [5.41, 5.74) is 0.478. The second-order valence-electron chi connectivity index (χ2n) is 6.66. The number of nitrogens with one attached hydrogen (secondary N) is 1. The predicted molar refractivity (Wildman–Crippen MR) is 76.5 cm³/mol. The predicted octanol–water partition coefficient (Wildman–Crippen LogP) is 1.73. The van der Waals surface area contributed by atoms with Crippen LogP contribution >= 0.6 is 0 Å². The third kappa shape index (κ3) is 2.96. The van der Waals surface area contributed by atoms with Gasteiger partial charge in [-0.2, -0.15) is 0 Å². The zero-order valence-corrected chi connectivity index (χ0v) is 12.5. The van der Waals surface area contributed by atoms with Crippen molar-refractivity contribution in [1.82, 2.24) is 10.2 Å². The topological polar surface area (TPSA) is 49.4 Å². The van der Waals surface area contributed by atoms with Crippen molar-refractivity contribution in [3.63, 3.8) is 0 Å². The first kappa shape index (κ1) is 13.4. The summed E-state index contributed by atoms with van der Waals surface area (Å²) in [7, 11) is -0.718. The molecular formula is C14H24N2O2S. The fourth-order valence-electron chi connectivity index (χ4n) is 3.45. The number of carbonyl (C=O) groups excluding carboxylic acids is 1. The van der Waals surface area contributed by atoms with Gasteiger partial charge in [0.05, 0.1) is 0 Å². The highest BCUT2D eigenvalue weighted by Crippen LogP contribution is 2.51. The first-order valence-corrected chi connectivity index (χ1v) is 8.96. The molecule has 0 radical (unpaired) electrons. The third-order valence-electron chi connectivity index (χ3n) is 5.16. The molecule has 4 nitrogen and oxygen atoms in total. The minimum atomic E-state index is -0.718. The summed E-state index contributed by atoms with van der Waals surface area (Å²) in [5.74, 6) is 2.29. The van der Waals surface area contributed by atoms with Crippen LogP contribution in [0.2, 0.25) is 0 Å². The molecule has 3 aliphatic rings. The van der Waals surface area contributed by atoms with Crippen molar-refractivity contribution in [1.29, 1.82) is 0 Å². The Bertz CT molecular complexity index is 387. The Morgan fingerprint density at radius 2 is 1.95 bits per heavy atom. The van der Waals surface area contributed by atoms with Gasteiger partial charge in [-0.15, -0.1) is 0 Å². The number of urea groups is 1. The molecule has 0 aromatic carbocycles. The number of hydrogen-bond acceptors (Lipinski definition) is 2. The molecule has 1 aliphatic carbocycles. The van der Waals surface area contributed by atoms with Crippen LogP contribution in [0.1, 0.15) is 39.0 Å². The molecule has 108 valence electrons. The molecule has 0 aromatic heterocycles. The molecule has 2 saturated heterocycles. The van der Waals surface area contributed by atoms with E-state index in [1.54, 1.807) is 0 Å². The van der Waals surface area contributed by atoms with Gasteiger partial charge in [0, 0.05) is 41.4 Å². The molecule has 2 unspecified atom stereocenters. The number of carbonyl (C=O) groups is 1. The average Bonchev–Trinajstić information content (AvgIpc) is 3.16. The van der Waals surface area contributed by atoms with E-state index in [4.69, 9.17) is 0 Å². The quantitative estimate of drug-likeness (QED) is 0.839. The van der Waals surface area contributed by atoms with Gasteiger partial charge in [0.25, 0.3) is 0 Å². The van der Waals surface area contributed by atoms with Crippen LogP contribution in [-0.4, -0.2) is 45.8 Å². The van der Waals surface area contributed by atoms with Gasteiger partial charge in [0.1, 0.15) is 0 Å². The molecular weight excluding hydrogens is 260 g/mol. The van der Waals surface area contributed by atoms with E-state index in [9.17, 15) is 9.00 Å². The number of hydrogen-bond donors (Lipinski definition) is 1. The first-order valence-electron chi connectivity index (χ1n) is 7.47. The highest BCUT2D eigenvalue weighted by molar-refractivity contribution is 7.85. The zero-order chi connectivity index (χ0) is 13.5. The molecule has 5 heteroatoms. The van der Waals surface area contributed by atoms with Crippen LogP contribution in [-0.2, 0) is 10.8 Å². The standard InChI is InChI=1S/C14H24N2O2S/c1-14(11-2-3-11)5-7-16(8-6-14)13(17)15-12-4-9-19(18)10-12/h11-12H,2-10H2,1H3,(H,15,17). The molecule has 2 atom stereocenters. The van der Waals surface area contributed by atoms with Gasteiger partial charge in [-0.1, -0.05) is 6.92 Å². The van der Waals surface area contributed by atoms with Crippen LogP contribution in [0.4, 0.5) is 4.79 Å². The van der Waals surface area contributed by atoms with E-state index in [-0.39, 0.29) is 12.1 Å². The Balaban J connectivity index is 1.48. The van der Waals surface area contributed by atoms with Crippen molar-refractivity contribution in [2.75, 3.05) is 24.6 Å². The largest absolute Gasteiger partial charge is 0.334 e. The maximum absolute atomic E-state index is 12.2. The molecule has 2 amide bonds. The summed E-state index contributed by atoms with van der Waals surface area (Å²) < 4.78 is 11.3. The highest BCUT2D eigenvalue weighted by atomic mass is 32.2. The molecule has 1 saturated carbocycles. The lowest BCUT2D eigenvalue weighted by Gasteiger charge is -2.40. The Morgan fingerprint density at radius 3 is 2.47 bits per heavy atom. The van der Waals surface area contributed by atoms with E-state index in [1.165, 1.54) is 12.8 Å². The lowest BCUT2D eigenvalue weighted by Crippen LogP contribution is -2.50. The molecule has 1 N–H and O–H groups in total. The van der Waals surface area contributed by atoms with Gasteiger partial charge in [0.15, 0.2) is 0 Å². The van der Waals surface area contributed by atoms with E-state index in [0.29, 0.717) is 11.2 Å². The summed E-state index contributed by atoms with van der Waals surface area (Å²) in [4.78, 5) is 14.1. The van der Waals surface area contributed by atoms with Crippen molar-refractivity contribution >= 4 is 16.8 Å². The summed E-state index contributed by atoms with van der Waals surface area (Å²) in [6, 6.07) is 0.187. The Morgan fingerprint density at radius 1 is 1.26 bits per heavy atom. The van der Waals surface area contributed by atoms with Gasteiger partial charge in [-0.05, 0) is 43.4 Å². The third-order valence-corrected chi connectivity index (χ3v) is 6.63.